The molecule has 8 nitrogen and oxygen atoms in total. The maximum absolute atomic E-state index is 13.9. The van der Waals surface area contributed by atoms with Crippen LogP contribution in [0.25, 0.3) is 0 Å². The van der Waals surface area contributed by atoms with Gasteiger partial charge in [0.25, 0.3) is 5.91 Å². The highest BCUT2D eigenvalue weighted by molar-refractivity contribution is 5.96. The molecule has 0 bridgehead atoms. The first-order valence-corrected chi connectivity index (χ1v) is 11.4. The molecule has 170 valence electrons. The van der Waals surface area contributed by atoms with Crippen molar-refractivity contribution in [3.63, 3.8) is 0 Å². The number of aromatic nitrogens is 4. The van der Waals surface area contributed by atoms with Crippen LogP contribution < -0.4 is 0 Å². The Morgan fingerprint density at radius 3 is 2.48 bits per heavy atom. The number of carbonyl (C=O) groups excluding carboxylic acids is 2. The van der Waals surface area contributed by atoms with Gasteiger partial charge in [0.15, 0.2) is 0 Å². The molecule has 3 aromatic rings. The van der Waals surface area contributed by atoms with E-state index in [0.29, 0.717) is 38.2 Å². The molecular formula is C25H28N6O2. The van der Waals surface area contributed by atoms with E-state index < -0.39 is 5.41 Å². The maximum Gasteiger partial charge on any atom is 0.254 e. The number of amides is 2. The third-order valence-corrected chi connectivity index (χ3v) is 7.00. The largest absolute Gasteiger partial charge is 0.338 e. The van der Waals surface area contributed by atoms with Crippen LogP contribution in [0, 0.1) is 5.41 Å². The van der Waals surface area contributed by atoms with Crippen LogP contribution in [0.1, 0.15) is 53.8 Å². The quantitative estimate of drug-likeness (QED) is 0.604. The Bertz CT molecular complexity index is 1150. The summed E-state index contributed by atoms with van der Waals surface area (Å²) in [6.07, 6.45) is 11.3. The van der Waals surface area contributed by atoms with Crippen molar-refractivity contribution in [2.75, 3.05) is 19.6 Å². The Labute approximate surface area is 193 Å². The Hall–Kier alpha value is -3.55. The summed E-state index contributed by atoms with van der Waals surface area (Å²) < 4.78 is 2.06. The van der Waals surface area contributed by atoms with Crippen molar-refractivity contribution in [3.05, 3.63) is 78.4 Å². The van der Waals surface area contributed by atoms with E-state index in [1.165, 1.54) is 0 Å². The van der Waals surface area contributed by atoms with Crippen LogP contribution in [0.2, 0.25) is 0 Å². The zero-order chi connectivity index (χ0) is 23.0. The molecule has 0 saturated carbocycles. The fourth-order valence-corrected chi connectivity index (χ4v) is 5.12. The minimum atomic E-state index is -0.661. The number of carbonyl (C=O) groups is 2. The number of hydrogen-bond acceptors (Lipinski definition) is 5. The standard InChI is InChI=1S/C25H28N6O2/c1-18(2)31-15-22(28-17-31)21-14-30(23(32)20-5-10-27-11-6-20)16-25(21)7-12-29(24(25)33)13-19-3-8-26-9-4-19/h3-6,8-11,15,17-18,21H,7,12-14,16H2,1-2H3/t21-,25-/m1/s1. The second kappa shape index (κ2) is 8.42. The second-order valence-corrected chi connectivity index (χ2v) is 9.30. The van der Waals surface area contributed by atoms with E-state index in [1.807, 2.05) is 34.5 Å². The molecule has 5 heterocycles. The molecule has 0 radical (unpaired) electrons. The number of imidazole rings is 1. The van der Waals surface area contributed by atoms with Gasteiger partial charge >= 0.3 is 0 Å². The molecule has 1 spiro atoms. The highest BCUT2D eigenvalue weighted by Crippen LogP contribution is 2.50. The Morgan fingerprint density at radius 2 is 1.82 bits per heavy atom. The summed E-state index contributed by atoms with van der Waals surface area (Å²) in [7, 11) is 0. The lowest BCUT2D eigenvalue weighted by Gasteiger charge is -2.28. The molecule has 3 aromatic heterocycles. The molecule has 2 aliphatic heterocycles. The second-order valence-electron chi connectivity index (χ2n) is 9.30. The summed E-state index contributed by atoms with van der Waals surface area (Å²) in [5.41, 5.74) is 1.87. The van der Waals surface area contributed by atoms with Crippen LogP contribution in [-0.4, -0.2) is 60.8 Å². The van der Waals surface area contributed by atoms with Gasteiger partial charge in [0.1, 0.15) is 0 Å². The molecule has 0 aromatic carbocycles. The van der Waals surface area contributed by atoms with Crippen molar-refractivity contribution in [2.45, 2.75) is 38.8 Å². The summed E-state index contributed by atoms with van der Waals surface area (Å²) in [6.45, 7) is 6.30. The van der Waals surface area contributed by atoms with Crippen LogP contribution in [-0.2, 0) is 11.3 Å². The fraction of sp³-hybridized carbons (Fsp3) is 0.400. The van der Waals surface area contributed by atoms with Crippen LogP contribution in [0.15, 0.2) is 61.6 Å². The Kier molecular flexibility index (Phi) is 5.44. The molecule has 2 amide bonds. The first-order chi connectivity index (χ1) is 16.0. The molecule has 5 rings (SSSR count). The van der Waals surface area contributed by atoms with Gasteiger partial charge in [0, 0.05) is 74.7 Å². The van der Waals surface area contributed by atoms with Crippen molar-refractivity contribution < 1.29 is 9.59 Å². The normalized spacial score (nSPS) is 22.6. The van der Waals surface area contributed by atoms with Gasteiger partial charge in [-0.3, -0.25) is 19.6 Å². The number of rotatable bonds is 5. The van der Waals surface area contributed by atoms with Gasteiger partial charge in [-0.15, -0.1) is 0 Å². The lowest BCUT2D eigenvalue weighted by Crippen LogP contribution is -2.40. The Balaban J connectivity index is 1.47. The zero-order valence-corrected chi connectivity index (χ0v) is 19.0. The van der Waals surface area contributed by atoms with Gasteiger partial charge in [-0.05, 0) is 50.1 Å². The first kappa shape index (κ1) is 21.3. The maximum atomic E-state index is 13.9. The minimum Gasteiger partial charge on any atom is -0.338 e. The summed E-state index contributed by atoms with van der Waals surface area (Å²) >= 11 is 0. The van der Waals surface area contributed by atoms with Gasteiger partial charge in [-0.25, -0.2) is 4.98 Å². The van der Waals surface area contributed by atoms with E-state index >= 15 is 0 Å². The summed E-state index contributed by atoms with van der Waals surface area (Å²) in [5.74, 6) is -0.102. The van der Waals surface area contributed by atoms with Gasteiger partial charge < -0.3 is 14.4 Å². The lowest BCUT2D eigenvalue weighted by atomic mass is 9.75. The fourth-order valence-electron chi connectivity index (χ4n) is 5.12. The van der Waals surface area contributed by atoms with Crippen molar-refractivity contribution in [1.82, 2.24) is 29.3 Å². The van der Waals surface area contributed by atoms with Crippen LogP contribution in [0.4, 0.5) is 0 Å². The lowest BCUT2D eigenvalue weighted by molar-refractivity contribution is -0.136. The molecule has 2 fully saturated rings. The molecule has 8 heteroatoms. The van der Waals surface area contributed by atoms with Crippen molar-refractivity contribution >= 4 is 11.8 Å². The average Bonchev–Trinajstić information content (AvgIpc) is 3.55. The van der Waals surface area contributed by atoms with Crippen LogP contribution in [0.3, 0.4) is 0 Å². The van der Waals surface area contributed by atoms with E-state index in [1.54, 1.807) is 36.9 Å². The first-order valence-electron chi connectivity index (χ1n) is 11.4. The number of pyridine rings is 2. The van der Waals surface area contributed by atoms with E-state index in [9.17, 15) is 9.59 Å². The average molecular weight is 445 g/mol. The monoisotopic (exact) mass is 444 g/mol. The van der Waals surface area contributed by atoms with E-state index in [4.69, 9.17) is 0 Å². The van der Waals surface area contributed by atoms with Gasteiger partial charge in [-0.2, -0.15) is 0 Å². The van der Waals surface area contributed by atoms with Crippen molar-refractivity contribution in [1.29, 1.82) is 0 Å². The van der Waals surface area contributed by atoms with E-state index in [-0.39, 0.29) is 23.8 Å². The number of hydrogen-bond donors (Lipinski definition) is 0. The summed E-state index contributed by atoms with van der Waals surface area (Å²) in [5, 5.41) is 0. The third-order valence-electron chi connectivity index (χ3n) is 7.00. The molecule has 0 aliphatic carbocycles. The molecule has 2 atom stereocenters. The van der Waals surface area contributed by atoms with Crippen LogP contribution in [0.5, 0.6) is 0 Å². The summed E-state index contributed by atoms with van der Waals surface area (Å²) in [6, 6.07) is 7.60. The predicted molar refractivity (Wildman–Crippen MR) is 122 cm³/mol. The predicted octanol–water partition coefficient (Wildman–Crippen LogP) is 2.91. The van der Waals surface area contributed by atoms with E-state index in [0.717, 1.165) is 11.3 Å². The summed E-state index contributed by atoms with van der Waals surface area (Å²) in [4.78, 5) is 43.7. The molecule has 0 unspecified atom stereocenters. The number of likely N-dealkylation sites (tertiary alicyclic amines) is 2. The Morgan fingerprint density at radius 1 is 1.12 bits per heavy atom. The van der Waals surface area contributed by atoms with Crippen molar-refractivity contribution in [2.24, 2.45) is 5.41 Å². The SMILES string of the molecule is CC(C)n1cnc([C@H]2CN(C(=O)c3ccncc3)C[C@]23CCN(Cc2ccncc2)C3=O)c1. The molecule has 33 heavy (non-hydrogen) atoms. The topological polar surface area (TPSA) is 84.2 Å². The molecule has 0 N–H and O–H groups in total. The highest BCUT2D eigenvalue weighted by atomic mass is 16.2. The van der Waals surface area contributed by atoms with Gasteiger partial charge in [0.2, 0.25) is 5.91 Å². The third kappa shape index (κ3) is 3.79. The van der Waals surface area contributed by atoms with E-state index in [2.05, 4.69) is 33.4 Å². The van der Waals surface area contributed by atoms with Gasteiger partial charge in [-0.1, -0.05) is 0 Å². The minimum absolute atomic E-state index is 0.0667. The van der Waals surface area contributed by atoms with Crippen molar-refractivity contribution in [3.8, 4) is 0 Å². The smallest absolute Gasteiger partial charge is 0.254 e. The molecule has 2 aliphatic rings. The van der Waals surface area contributed by atoms with Crippen LogP contribution >= 0.6 is 0 Å². The highest BCUT2D eigenvalue weighted by Gasteiger charge is 2.58. The zero-order valence-electron chi connectivity index (χ0n) is 19.0. The number of nitrogens with zero attached hydrogens (tertiary/aromatic N) is 6. The molecular weight excluding hydrogens is 416 g/mol. The molecule has 2 saturated heterocycles. The van der Waals surface area contributed by atoms with Gasteiger partial charge in [0.05, 0.1) is 17.4 Å².